The van der Waals surface area contributed by atoms with Crippen molar-refractivity contribution in [2.75, 3.05) is 19.6 Å². The standard InChI is InChI=1S/C16H23N3O3.ClH/c1-11-10-17-7-8-18(11)15(20)12-5-6-13(16(2,3)4)14(9-12)19(21)22;/h5-6,9,11,17H,7-8,10H2,1-4H3;1H/t11-;/m0./s1. The second-order valence-electron chi connectivity index (χ2n) is 6.79. The fraction of sp³-hybridized carbons (Fsp3) is 0.562. The first-order valence-corrected chi connectivity index (χ1v) is 7.52. The molecule has 1 aromatic carbocycles. The van der Waals surface area contributed by atoms with Gasteiger partial charge in [-0.3, -0.25) is 14.9 Å². The van der Waals surface area contributed by atoms with E-state index < -0.39 is 4.92 Å². The lowest BCUT2D eigenvalue weighted by Crippen LogP contribution is -2.52. The third-order valence-corrected chi connectivity index (χ3v) is 4.01. The van der Waals surface area contributed by atoms with E-state index in [1.807, 2.05) is 27.7 Å². The average Bonchev–Trinajstić information content (AvgIpc) is 2.45. The molecule has 0 bridgehead atoms. The third-order valence-electron chi connectivity index (χ3n) is 4.01. The summed E-state index contributed by atoms with van der Waals surface area (Å²) in [6, 6.07) is 4.91. The maximum absolute atomic E-state index is 12.6. The maximum Gasteiger partial charge on any atom is 0.273 e. The zero-order valence-electron chi connectivity index (χ0n) is 14.0. The van der Waals surface area contributed by atoms with Gasteiger partial charge < -0.3 is 10.2 Å². The number of amides is 1. The minimum Gasteiger partial charge on any atom is -0.333 e. The number of carbonyl (C=O) groups excluding carboxylic acids is 1. The van der Waals surface area contributed by atoms with Gasteiger partial charge in [0.1, 0.15) is 0 Å². The number of nitro groups is 1. The van der Waals surface area contributed by atoms with E-state index in [1.54, 1.807) is 17.0 Å². The largest absolute Gasteiger partial charge is 0.333 e. The molecule has 1 N–H and O–H groups in total. The molecular formula is C16H24ClN3O3. The molecule has 0 aromatic heterocycles. The summed E-state index contributed by atoms with van der Waals surface area (Å²) in [5.74, 6) is -0.141. The number of hydrogen-bond donors (Lipinski definition) is 1. The first-order valence-electron chi connectivity index (χ1n) is 7.52. The Hall–Kier alpha value is -1.66. The molecule has 23 heavy (non-hydrogen) atoms. The van der Waals surface area contributed by atoms with Crippen LogP contribution < -0.4 is 5.32 Å². The molecule has 7 heteroatoms. The second kappa shape index (κ2) is 7.27. The van der Waals surface area contributed by atoms with Crippen molar-refractivity contribution in [2.24, 2.45) is 0 Å². The van der Waals surface area contributed by atoms with Crippen molar-refractivity contribution in [3.05, 3.63) is 39.4 Å². The van der Waals surface area contributed by atoms with Crippen LogP contribution in [0, 0.1) is 10.1 Å². The van der Waals surface area contributed by atoms with Gasteiger partial charge in [-0.25, -0.2) is 0 Å². The number of rotatable bonds is 2. The van der Waals surface area contributed by atoms with Gasteiger partial charge in [0, 0.05) is 42.9 Å². The van der Waals surface area contributed by atoms with E-state index in [9.17, 15) is 14.9 Å². The van der Waals surface area contributed by atoms with E-state index in [1.165, 1.54) is 6.07 Å². The smallest absolute Gasteiger partial charge is 0.273 e. The summed E-state index contributed by atoms with van der Waals surface area (Å²) in [6.07, 6.45) is 0. The topological polar surface area (TPSA) is 75.5 Å². The van der Waals surface area contributed by atoms with Gasteiger partial charge in [-0.1, -0.05) is 26.8 Å². The van der Waals surface area contributed by atoms with Crippen LogP contribution in [0.2, 0.25) is 0 Å². The summed E-state index contributed by atoms with van der Waals surface area (Å²) in [5, 5.41) is 14.6. The van der Waals surface area contributed by atoms with E-state index in [0.717, 1.165) is 13.1 Å². The van der Waals surface area contributed by atoms with Gasteiger partial charge >= 0.3 is 0 Å². The lowest BCUT2D eigenvalue weighted by Gasteiger charge is -2.34. The molecule has 128 valence electrons. The van der Waals surface area contributed by atoms with Crippen molar-refractivity contribution in [2.45, 2.75) is 39.2 Å². The molecule has 2 rings (SSSR count). The molecule has 0 aliphatic carbocycles. The molecule has 1 amide bonds. The van der Waals surface area contributed by atoms with Crippen molar-refractivity contribution < 1.29 is 9.72 Å². The number of benzene rings is 1. The molecule has 0 saturated carbocycles. The number of carbonyl (C=O) groups is 1. The molecule has 1 aromatic rings. The summed E-state index contributed by atoms with van der Waals surface area (Å²) in [4.78, 5) is 25.3. The SMILES string of the molecule is C[C@H]1CNCCN1C(=O)c1ccc(C(C)(C)C)c([N+](=O)[O-])c1.Cl. The fourth-order valence-electron chi connectivity index (χ4n) is 2.76. The number of nitro benzene ring substituents is 1. The first kappa shape index (κ1) is 19.4. The molecule has 1 atom stereocenters. The Morgan fingerprint density at radius 3 is 2.57 bits per heavy atom. The van der Waals surface area contributed by atoms with Crippen molar-refractivity contribution in [3.8, 4) is 0 Å². The van der Waals surface area contributed by atoms with Gasteiger partial charge in [-0.2, -0.15) is 0 Å². The Balaban J connectivity index is 0.00000264. The fourth-order valence-corrected chi connectivity index (χ4v) is 2.76. The van der Waals surface area contributed by atoms with Gasteiger partial charge in [0.25, 0.3) is 11.6 Å². The molecule has 1 saturated heterocycles. The quantitative estimate of drug-likeness (QED) is 0.663. The molecule has 0 spiro atoms. The van der Waals surface area contributed by atoms with Gasteiger partial charge in [0.15, 0.2) is 0 Å². The summed E-state index contributed by atoms with van der Waals surface area (Å²) in [5.41, 5.74) is 0.698. The predicted octanol–water partition coefficient (Wildman–Crippen LogP) is 2.75. The van der Waals surface area contributed by atoms with Crippen molar-refractivity contribution in [3.63, 3.8) is 0 Å². The highest BCUT2D eigenvalue weighted by atomic mass is 35.5. The summed E-state index contributed by atoms with van der Waals surface area (Å²) in [7, 11) is 0. The Morgan fingerprint density at radius 2 is 2.04 bits per heavy atom. The van der Waals surface area contributed by atoms with E-state index in [2.05, 4.69) is 5.32 Å². The van der Waals surface area contributed by atoms with Crippen LogP contribution >= 0.6 is 12.4 Å². The van der Waals surface area contributed by atoms with E-state index in [-0.39, 0.29) is 35.5 Å². The van der Waals surface area contributed by atoms with Crippen LogP contribution in [0.1, 0.15) is 43.6 Å². The van der Waals surface area contributed by atoms with Crippen LogP contribution in [0.4, 0.5) is 5.69 Å². The van der Waals surface area contributed by atoms with Crippen LogP contribution in [0.25, 0.3) is 0 Å². The van der Waals surface area contributed by atoms with Crippen molar-refractivity contribution in [1.82, 2.24) is 10.2 Å². The number of hydrogen-bond acceptors (Lipinski definition) is 4. The van der Waals surface area contributed by atoms with E-state index in [4.69, 9.17) is 0 Å². The van der Waals surface area contributed by atoms with Gasteiger partial charge in [-0.15, -0.1) is 12.4 Å². The Labute approximate surface area is 142 Å². The Kier molecular flexibility index (Phi) is 6.13. The van der Waals surface area contributed by atoms with Gasteiger partial charge in [0.2, 0.25) is 0 Å². The van der Waals surface area contributed by atoms with Crippen LogP contribution in [0.5, 0.6) is 0 Å². The number of halogens is 1. The number of nitrogens with one attached hydrogen (secondary N) is 1. The van der Waals surface area contributed by atoms with Crippen molar-refractivity contribution >= 4 is 24.0 Å². The third kappa shape index (κ3) is 4.20. The highest BCUT2D eigenvalue weighted by Crippen LogP contribution is 2.32. The molecule has 1 fully saturated rings. The Bertz CT molecular complexity index is 599. The van der Waals surface area contributed by atoms with E-state index in [0.29, 0.717) is 17.7 Å². The molecule has 1 heterocycles. The number of piperazine rings is 1. The normalized spacial score (nSPS) is 18.3. The molecule has 6 nitrogen and oxygen atoms in total. The van der Waals surface area contributed by atoms with Crippen LogP contribution in [-0.2, 0) is 5.41 Å². The van der Waals surface area contributed by atoms with Crippen molar-refractivity contribution in [1.29, 1.82) is 0 Å². The average molecular weight is 342 g/mol. The van der Waals surface area contributed by atoms with E-state index >= 15 is 0 Å². The second-order valence-corrected chi connectivity index (χ2v) is 6.79. The number of nitrogens with zero attached hydrogens (tertiary/aromatic N) is 2. The monoisotopic (exact) mass is 341 g/mol. The molecule has 0 unspecified atom stereocenters. The molecular weight excluding hydrogens is 318 g/mol. The first-order chi connectivity index (χ1) is 10.2. The summed E-state index contributed by atoms with van der Waals surface area (Å²) in [6.45, 7) is 9.86. The maximum atomic E-state index is 12.6. The predicted molar refractivity (Wildman–Crippen MR) is 92.4 cm³/mol. The zero-order chi connectivity index (χ0) is 16.5. The van der Waals surface area contributed by atoms with Crippen LogP contribution in [-0.4, -0.2) is 41.4 Å². The minimum absolute atomic E-state index is 0. The summed E-state index contributed by atoms with van der Waals surface area (Å²) < 4.78 is 0. The molecule has 0 radical (unpaired) electrons. The Morgan fingerprint density at radius 1 is 1.39 bits per heavy atom. The molecule has 1 aliphatic heterocycles. The molecule has 1 aliphatic rings. The zero-order valence-corrected chi connectivity index (χ0v) is 14.8. The van der Waals surface area contributed by atoms with Crippen LogP contribution in [0.3, 0.4) is 0 Å². The minimum atomic E-state index is -0.404. The lowest BCUT2D eigenvalue weighted by atomic mass is 9.85. The highest BCUT2D eigenvalue weighted by molar-refractivity contribution is 5.95. The van der Waals surface area contributed by atoms with Gasteiger partial charge in [0.05, 0.1) is 4.92 Å². The van der Waals surface area contributed by atoms with Crippen LogP contribution in [0.15, 0.2) is 18.2 Å². The van der Waals surface area contributed by atoms with Gasteiger partial charge in [-0.05, 0) is 18.4 Å². The lowest BCUT2D eigenvalue weighted by molar-refractivity contribution is -0.386. The highest BCUT2D eigenvalue weighted by Gasteiger charge is 2.29. The summed E-state index contributed by atoms with van der Waals surface area (Å²) >= 11 is 0.